The van der Waals surface area contributed by atoms with Crippen LogP contribution in [0.2, 0.25) is 0 Å². The monoisotopic (exact) mass is 268 g/mol. The smallest absolute Gasteiger partial charge is 0.341 e. The number of rotatable bonds is 2. The van der Waals surface area contributed by atoms with Gasteiger partial charge in [-0.25, -0.2) is 13.6 Å². The quantitative estimate of drug-likeness (QED) is 0.810. The minimum Gasteiger partial charge on any atom is -0.477 e. The number of aromatic carboxylic acids is 1. The molecule has 100 valence electrons. The molecule has 0 amide bonds. The summed E-state index contributed by atoms with van der Waals surface area (Å²) >= 11 is 0. The first-order chi connectivity index (χ1) is 8.88. The zero-order valence-electron chi connectivity index (χ0n) is 9.91. The SMILES string of the molecule is CCn1cc(C(=O)O)c(=O)c2c(N)c(F)c(F)cc21. The van der Waals surface area contributed by atoms with E-state index in [-0.39, 0.29) is 17.4 Å². The van der Waals surface area contributed by atoms with Crippen LogP contribution in [0.25, 0.3) is 10.9 Å². The van der Waals surface area contributed by atoms with E-state index in [0.29, 0.717) is 0 Å². The Morgan fingerprint density at radius 2 is 2.11 bits per heavy atom. The van der Waals surface area contributed by atoms with Crippen LogP contribution in [0.4, 0.5) is 14.5 Å². The predicted molar refractivity (Wildman–Crippen MR) is 65.2 cm³/mol. The van der Waals surface area contributed by atoms with Gasteiger partial charge in [0.25, 0.3) is 0 Å². The van der Waals surface area contributed by atoms with Gasteiger partial charge < -0.3 is 15.4 Å². The number of anilines is 1. The van der Waals surface area contributed by atoms with Crippen LogP contribution in [-0.2, 0) is 6.54 Å². The highest BCUT2D eigenvalue weighted by molar-refractivity contribution is 5.97. The Balaban J connectivity index is 3.09. The highest BCUT2D eigenvalue weighted by atomic mass is 19.2. The fraction of sp³-hybridized carbons (Fsp3) is 0.167. The normalized spacial score (nSPS) is 10.9. The van der Waals surface area contributed by atoms with E-state index >= 15 is 0 Å². The summed E-state index contributed by atoms with van der Waals surface area (Å²) in [5.41, 5.74) is 3.32. The molecule has 7 heteroatoms. The lowest BCUT2D eigenvalue weighted by atomic mass is 10.1. The third-order valence-electron chi connectivity index (χ3n) is 2.87. The Bertz CT molecular complexity index is 753. The number of fused-ring (bicyclic) bond motifs is 1. The molecule has 1 heterocycles. The molecule has 0 saturated heterocycles. The van der Waals surface area contributed by atoms with Crippen LogP contribution < -0.4 is 11.2 Å². The van der Waals surface area contributed by atoms with Crippen LogP contribution >= 0.6 is 0 Å². The number of halogens is 2. The molecule has 0 fully saturated rings. The van der Waals surface area contributed by atoms with Crippen molar-refractivity contribution in [3.05, 3.63) is 39.7 Å². The fourth-order valence-electron chi connectivity index (χ4n) is 1.93. The summed E-state index contributed by atoms with van der Waals surface area (Å²) in [6.45, 7) is 1.95. The average Bonchev–Trinajstić information content (AvgIpc) is 2.35. The van der Waals surface area contributed by atoms with Crippen molar-refractivity contribution in [1.82, 2.24) is 4.57 Å². The number of nitrogen functional groups attached to an aromatic ring is 1. The molecule has 0 bridgehead atoms. The number of pyridine rings is 1. The van der Waals surface area contributed by atoms with Gasteiger partial charge in [-0.05, 0) is 6.92 Å². The molecule has 0 aliphatic carbocycles. The summed E-state index contributed by atoms with van der Waals surface area (Å²) in [6, 6.07) is 0.831. The third kappa shape index (κ3) is 1.83. The van der Waals surface area contributed by atoms with Gasteiger partial charge in [0.15, 0.2) is 11.6 Å². The lowest BCUT2D eigenvalue weighted by Gasteiger charge is -2.12. The molecule has 3 N–H and O–H groups in total. The van der Waals surface area contributed by atoms with E-state index in [1.807, 2.05) is 0 Å². The topological polar surface area (TPSA) is 85.3 Å². The molecule has 1 aromatic carbocycles. The maximum atomic E-state index is 13.4. The first-order valence-corrected chi connectivity index (χ1v) is 5.42. The van der Waals surface area contributed by atoms with Crippen molar-refractivity contribution in [3.8, 4) is 0 Å². The number of aryl methyl sites for hydroxylation is 1. The van der Waals surface area contributed by atoms with Crippen LogP contribution in [0.3, 0.4) is 0 Å². The number of aromatic nitrogens is 1. The Hall–Kier alpha value is -2.44. The summed E-state index contributed by atoms with van der Waals surface area (Å²) in [5.74, 6) is -3.98. The van der Waals surface area contributed by atoms with Crippen molar-refractivity contribution >= 4 is 22.6 Å². The van der Waals surface area contributed by atoms with Crippen LogP contribution in [0.15, 0.2) is 17.1 Å². The minimum atomic E-state index is -1.45. The number of carbonyl (C=O) groups is 1. The Kier molecular flexibility index (Phi) is 2.97. The van der Waals surface area contributed by atoms with Gasteiger partial charge in [-0.1, -0.05) is 0 Å². The van der Waals surface area contributed by atoms with E-state index in [4.69, 9.17) is 10.8 Å². The van der Waals surface area contributed by atoms with Gasteiger partial charge in [0.2, 0.25) is 5.43 Å². The largest absolute Gasteiger partial charge is 0.477 e. The first kappa shape index (κ1) is 13.0. The van der Waals surface area contributed by atoms with Crippen LogP contribution in [0.1, 0.15) is 17.3 Å². The number of carboxylic acid groups (broad SMARTS) is 1. The second-order valence-electron chi connectivity index (χ2n) is 3.94. The maximum absolute atomic E-state index is 13.4. The van der Waals surface area contributed by atoms with Gasteiger partial charge in [0, 0.05) is 18.8 Å². The highest BCUT2D eigenvalue weighted by Crippen LogP contribution is 2.24. The number of hydrogen-bond acceptors (Lipinski definition) is 3. The summed E-state index contributed by atoms with van der Waals surface area (Å²) in [4.78, 5) is 22.9. The molecule has 2 rings (SSSR count). The van der Waals surface area contributed by atoms with Gasteiger partial charge in [-0.2, -0.15) is 0 Å². The van der Waals surface area contributed by atoms with Crippen molar-refractivity contribution in [2.45, 2.75) is 13.5 Å². The van der Waals surface area contributed by atoms with E-state index in [0.717, 1.165) is 12.3 Å². The van der Waals surface area contributed by atoms with Gasteiger partial charge >= 0.3 is 5.97 Å². The van der Waals surface area contributed by atoms with E-state index in [9.17, 15) is 18.4 Å². The average molecular weight is 268 g/mol. The molecule has 0 atom stereocenters. The highest BCUT2D eigenvalue weighted by Gasteiger charge is 2.20. The first-order valence-electron chi connectivity index (χ1n) is 5.42. The molecule has 0 aliphatic rings. The van der Waals surface area contributed by atoms with Crippen molar-refractivity contribution in [1.29, 1.82) is 0 Å². The molecule has 0 aliphatic heterocycles. The van der Waals surface area contributed by atoms with Gasteiger partial charge in [0.1, 0.15) is 5.56 Å². The molecule has 5 nitrogen and oxygen atoms in total. The van der Waals surface area contributed by atoms with E-state index in [1.165, 1.54) is 4.57 Å². The molecule has 0 unspecified atom stereocenters. The Morgan fingerprint density at radius 1 is 1.47 bits per heavy atom. The third-order valence-corrected chi connectivity index (χ3v) is 2.87. The van der Waals surface area contributed by atoms with Gasteiger partial charge in [0.05, 0.1) is 16.6 Å². The van der Waals surface area contributed by atoms with Crippen LogP contribution in [-0.4, -0.2) is 15.6 Å². The summed E-state index contributed by atoms with van der Waals surface area (Å²) in [6.07, 6.45) is 1.09. The lowest BCUT2D eigenvalue weighted by molar-refractivity contribution is 0.0695. The predicted octanol–water partition coefficient (Wildman–Crippen LogP) is 1.58. The van der Waals surface area contributed by atoms with E-state index < -0.39 is 34.3 Å². The molecular weight excluding hydrogens is 258 g/mol. The second kappa shape index (κ2) is 4.34. The molecule has 0 radical (unpaired) electrons. The zero-order valence-corrected chi connectivity index (χ0v) is 9.91. The minimum absolute atomic E-state index is 0.0638. The van der Waals surface area contributed by atoms with Gasteiger partial charge in [-0.3, -0.25) is 4.79 Å². The van der Waals surface area contributed by atoms with Crippen molar-refractivity contribution in [2.75, 3.05) is 5.73 Å². The lowest BCUT2D eigenvalue weighted by Crippen LogP contribution is -2.20. The number of nitrogens with zero attached hydrogens (tertiary/aromatic N) is 1. The molecule has 0 spiro atoms. The number of carboxylic acids is 1. The van der Waals surface area contributed by atoms with Crippen molar-refractivity contribution in [3.63, 3.8) is 0 Å². The molecular formula is C12H10F2N2O3. The molecule has 1 aromatic heterocycles. The summed E-state index contributed by atoms with van der Waals surface area (Å²) < 4.78 is 28.1. The number of hydrogen-bond donors (Lipinski definition) is 2. The van der Waals surface area contributed by atoms with E-state index in [2.05, 4.69) is 0 Å². The number of nitrogens with two attached hydrogens (primary N) is 1. The molecule has 2 aromatic rings. The van der Waals surface area contributed by atoms with E-state index in [1.54, 1.807) is 6.92 Å². The fourth-order valence-corrected chi connectivity index (χ4v) is 1.93. The molecule has 19 heavy (non-hydrogen) atoms. The van der Waals surface area contributed by atoms with Crippen molar-refractivity contribution < 1.29 is 18.7 Å². The standard InChI is InChI=1S/C12H10F2N2O3/c1-2-16-4-5(12(18)19)11(17)8-7(16)3-6(13)9(14)10(8)15/h3-4H,2,15H2,1H3,(H,18,19). The summed E-state index contributed by atoms with van der Waals surface area (Å²) in [5, 5.41) is 8.62. The second-order valence-corrected chi connectivity index (χ2v) is 3.94. The van der Waals surface area contributed by atoms with Gasteiger partial charge in [-0.15, -0.1) is 0 Å². The number of benzene rings is 1. The van der Waals surface area contributed by atoms with Crippen LogP contribution in [0, 0.1) is 11.6 Å². The van der Waals surface area contributed by atoms with Crippen LogP contribution in [0.5, 0.6) is 0 Å². The van der Waals surface area contributed by atoms with Crippen molar-refractivity contribution in [2.24, 2.45) is 0 Å². The maximum Gasteiger partial charge on any atom is 0.341 e. The molecule has 0 saturated carbocycles. The zero-order chi connectivity index (χ0) is 14.3. The Labute approximate surface area is 105 Å². The summed E-state index contributed by atoms with van der Waals surface area (Å²) in [7, 11) is 0. The Morgan fingerprint density at radius 3 is 2.63 bits per heavy atom.